The number of fused-ring (bicyclic) bond motifs is 1. The van der Waals surface area contributed by atoms with Gasteiger partial charge in [0.15, 0.2) is 0 Å². The maximum atomic E-state index is 12.7. The molecule has 0 unspecified atom stereocenters. The van der Waals surface area contributed by atoms with Crippen molar-refractivity contribution in [1.82, 2.24) is 15.1 Å². The lowest BCUT2D eigenvalue weighted by Crippen LogP contribution is -2.36. The third-order valence-electron chi connectivity index (χ3n) is 3.99. The molecule has 1 N–H and O–H groups in total. The number of ketones is 1. The quantitative estimate of drug-likeness (QED) is 0.734. The van der Waals surface area contributed by atoms with E-state index in [2.05, 4.69) is 10.4 Å². The lowest BCUT2D eigenvalue weighted by Gasteiger charge is -2.11. The van der Waals surface area contributed by atoms with E-state index in [1.165, 1.54) is 6.92 Å². The summed E-state index contributed by atoms with van der Waals surface area (Å²) >= 11 is 0. The number of carbonyl (C=O) groups is 2. The molecule has 1 amide bonds. The van der Waals surface area contributed by atoms with Gasteiger partial charge in [-0.15, -0.1) is 0 Å². The SMILES string of the molecule is CC(=O)CNC(=O)Cn1nc(Cc2ccccc2)c2ccccc2c1=O. The fraction of sp³-hybridized carbons (Fsp3) is 0.200. The van der Waals surface area contributed by atoms with Gasteiger partial charge < -0.3 is 5.32 Å². The van der Waals surface area contributed by atoms with Gasteiger partial charge in [-0.2, -0.15) is 5.10 Å². The molecule has 1 aromatic heterocycles. The molecule has 0 spiro atoms. The zero-order valence-electron chi connectivity index (χ0n) is 14.4. The Bertz CT molecular complexity index is 1010. The van der Waals surface area contributed by atoms with E-state index in [1.807, 2.05) is 42.5 Å². The molecule has 6 heteroatoms. The van der Waals surface area contributed by atoms with Crippen molar-refractivity contribution in [3.8, 4) is 0 Å². The van der Waals surface area contributed by atoms with Crippen LogP contribution in [-0.4, -0.2) is 28.0 Å². The van der Waals surface area contributed by atoms with Crippen LogP contribution in [0.5, 0.6) is 0 Å². The van der Waals surface area contributed by atoms with E-state index in [0.29, 0.717) is 11.8 Å². The van der Waals surface area contributed by atoms with Crippen molar-refractivity contribution in [2.45, 2.75) is 19.9 Å². The zero-order valence-corrected chi connectivity index (χ0v) is 14.4. The summed E-state index contributed by atoms with van der Waals surface area (Å²) < 4.78 is 1.16. The van der Waals surface area contributed by atoms with Gasteiger partial charge in [0, 0.05) is 11.8 Å². The Kier molecular flexibility index (Phi) is 5.22. The van der Waals surface area contributed by atoms with Gasteiger partial charge in [0.25, 0.3) is 5.56 Å². The predicted molar refractivity (Wildman–Crippen MR) is 98.9 cm³/mol. The van der Waals surface area contributed by atoms with Crippen LogP contribution in [0.3, 0.4) is 0 Å². The molecule has 6 nitrogen and oxygen atoms in total. The van der Waals surface area contributed by atoms with Gasteiger partial charge >= 0.3 is 0 Å². The minimum Gasteiger partial charge on any atom is -0.347 e. The topological polar surface area (TPSA) is 81.1 Å². The normalized spacial score (nSPS) is 10.7. The fourth-order valence-corrected chi connectivity index (χ4v) is 2.75. The van der Waals surface area contributed by atoms with E-state index in [9.17, 15) is 14.4 Å². The Morgan fingerprint density at radius 3 is 2.35 bits per heavy atom. The maximum Gasteiger partial charge on any atom is 0.275 e. The zero-order chi connectivity index (χ0) is 18.5. The summed E-state index contributed by atoms with van der Waals surface area (Å²) in [4.78, 5) is 35.7. The van der Waals surface area contributed by atoms with Crippen molar-refractivity contribution in [3.05, 3.63) is 76.2 Å². The minimum absolute atomic E-state index is 0.0575. The van der Waals surface area contributed by atoms with Crippen LogP contribution >= 0.6 is 0 Å². The molecule has 0 aliphatic rings. The van der Waals surface area contributed by atoms with E-state index in [4.69, 9.17) is 0 Å². The molecule has 1 heterocycles. The molecule has 0 aliphatic carbocycles. The number of Topliss-reactive ketones (excluding diaryl/α,β-unsaturated/α-hetero) is 1. The Balaban J connectivity index is 1.98. The highest BCUT2D eigenvalue weighted by Crippen LogP contribution is 2.16. The molecular weight excluding hydrogens is 330 g/mol. The van der Waals surface area contributed by atoms with Crippen LogP contribution in [-0.2, 0) is 22.6 Å². The molecule has 2 aromatic carbocycles. The van der Waals surface area contributed by atoms with E-state index in [1.54, 1.807) is 12.1 Å². The van der Waals surface area contributed by atoms with E-state index in [0.717, 1.165) is 21.3 Å². The van der Waals surface area contributed by atoms with Gasteiger partial charge in [-0.3, -0.25) is 14.4 Å². The van der Waals surface area contributed by atoms with Crippen molar-refractivity contribution < 1.29 is 9.59 Å². The molecule has 132 valence electrons. The highest BCUT2D eigenvalue weighted by Gasteiger charge is 2.13. The third kappa shape index (κ3) is 4.03. The smallest absolute Gasteiger partial charge is 0.275 e. The van der Waals surface area contributed by atoms with Crippen molar-refractivity contribution in [3.63, 3.8) is 0 Å². The second kappa shape index (κ2) is 7.74. The second-order valence-corrected chi connectivity index (χ2v) is 6.10. The summed E-state index contributed by atoms with van der Waals surface area (Å²) in [7, 11) is 0. The van der Waals surface area contributed by atoms with Crippen LogP contribution in [0, 0.1) is 0 Å². The number of benzene rings is 2. The number of nitrogens with one attached hydrogen (secondary N) is 1. The van der Waals surface area contributed by atoms with Gasteiger partial charge in [0.05, 0.1) is 17.6 Å². The van der Waals surface area contributed by atoms with Crippen LogP contribution in [0.15, 0.2) is 59.4 Å². The monoisotopic (exact) mass is 349 g/mol. The Hall–Kier alpha value is -3.28. The Morgan fingerprint density at radius 1 is 1.00 bits per heavy atom. The number of carbonyl (C=O) groups excluding carboxylic acids is 2. The average Bonchev–Trinajstić information content (AvgIpc) is 2.65. The van der Waals surface area contributed by atoms with Crippen LogP contribution in [0.1, 0.15) is 18.2 Å². The fourth-order valence-electron chi connectivity index (χ4n) is 2.75. The van der Waals surface area contributed by atoms with Gasteiger partial charge in [-0.25, -0.2) is 4.68 Å². The Labute approximate surface area is 150 Å². The molecule has 0 bridgehead atoms. The first-order valence-corrected chi connectivity index (χ1v) is 8.33. The molecule has 0 atom stereocenters. The molecule has 0 radical (unpaired) electrons. The summed E-state index contributed by atoms with van der Waals surface area (Å²) in [6.07, 6.45) is 0.552. The molecule has 0 saturated heterocycles. The van der Waals surface area contributed by atoms with Gasteiger partial charge in [-0.1, -0.05) is 48.5 Å². The van der Waals surface area contributed by atoms with Crippen molar-refractivity contribution >= 4 is 22.5 Å². The number of rotatable bonds is 6. The van der Waals surface area contributed by atoms with Gasteiger partial charge in [0.1, 0.15) is 12.3 Å². The number of hydrogen-bond acceptors (Lipinski definition) is 4. The summed E-state index contributed by atoms with van der Waals surface area (Å²) in [6.45, 7) is 1.11. The van der Waals surface area contributed by atoms with E-state index in [-0.39, 0.29) is 24.4 Å². The van der Waals surface area contributed by atoms with E-state index >= 15 is 0 Å². The lowest BCUT2D eigenvalue weighted by molar-refractivity contribution is -0.125. The maximum absolute atomic E-state index is 12.7. The molecule has 0 fully saturated rings. The number of hydrogen-bond donors (Lipinski definition) is 1. The lowest BCUT2D eigenvalue weighted by atomic mass is 10.0. The van der Waals surface area contributed by atoms with E-state index < -0.39 is 5.91 Å². The summed E-state index contributed by atoms with van der Waals surface area (Å²) in [5.41, 5.74) is 1.47. The first-order valence-electron chi connectivity index (χ1n) is 8.33. The first kappa shape index (κ1) is 17.5. The number of aromatic nitrogens is 2. The first-order chi connectivity index (χ1) is 12.5. The van der Waals surface area contributed by atoms with Crippen LogP contribution in [0.2, 0.25) is 0 Å². The molecule has 26 heavy (non-hydrogen) atoms. The van der Waals surface area contributed by atoms with Crippen molar-refractivity contribution in [2.75, 3.05) is 6.54 Å². The van der Waals surface area contributed by atoms with Crippen LogP contribution < -0.4 is 10.9 Å². The molecule has 0 saturated carbocycles. The van der Waals surface area contributed by atoms with Crippen molar-refractivity contribution in [1.29, 1.82) is 0 Å². The average molecular weight is 349 g/mol. The van der Waals surface area contributed by atoms with Crippen molar-refractivity contribution in [2.24, 2.45) is 0 Å². The van der Waals surface area contributed by atoms with Gasteiger partial charge in [0.2, 0.25) is 5.91 Å². The standard InChI is InChI=1S/C20H19N3O3/c1-14(24)12-21-19(25)13-23-20(26)17-10-6-5-9-16(17)18(22-23)11-15-7-3-2-4-8-15/h2-10H,11-13H2,1H3,(H,21,25). The highest BCUT2D eigenvalue weighted by molar-refractivity contribution is 5.85. The summed E-state index contributed by atoms with van der Waals surface area (Å²) in [5, 5.41) is 8.21. The highest BCUT2D eigenvalue weighted by atomic mass is 16.2. The predicted octanol–water partition coefficient (Wildman–Crippen LogP) is 1.69. The van der Waals surface area contributed by atoms with Gasteiger partial charge in [-0.05, 0) is 18.6 Å². The summed E-state index contributed by atoms with van der Waals surface area (Å²) in [5.74, 6) is -0.572. The second-order valence-electron chi connectivity index (χ2n) is 6.10. The number of nitrogens with zero attached hydrogens (tertiary/aromatic N) is 2. The summed E-state index contributed by atoms with van der Waals surface area (Å²) in [6, 6.07) is 17.1. The van der Waals surface area contributed by atoms with Crippen LogP contribution in [0.25, 0.3) is 10.8 Å². The Morgan fingerprint density at radius 2 is 1.65 bits per heavy atom. The molecular formula is C20H19N3O3. The minimum atomic E-state index is -0.421. The molecule has 3 rings (SSSR count). The molecule has 3 aromatic rings. The third-order valence-corrected chi connectivity index (χ3v) is 3.99. The largest absolute Gasteiger partial charge is 0.347 e. The number of amides is 1. The molecule has 0 aliphatic heterocycles. The van der Waals surface area contributed by atoms with Crippen LogP contribution in [0.4, 0.5) is 0 Å².